The van der Waals surface area contributed by atoms with Gasteiger partial charge >= 0.3 is 0 Å². The van der Waals surface area contributed by atoms with E-state index in [4.69, 9.17) is 4.42 Å². The molecule has 1 aliphatic heterocycles. The molecule has 1 aliphatic rings. The normalized spacial score (nSPS) is 16.7. The molecule has 1 fully saturated rings. The number of piperazine rings is 1. The van der Waals surface area contributed by atoms with Crippen molar-refractivity contribution in [1.82, 2.24) is 24.3 Å². The van der Waals surface area contributed by atoms with Crippen LogP contribution in [0.15, 0.2) is 40.6 Å². The summed E-state index contributed by atoms with van der Waals surface area (Å²) in [4.78, 5) is 15.0. The zero-order chi connectivity index (χ0) is 16.4. The van der Waals surface area contributed by atoms with E-state index < -0.39 is 0 Å². The molecule has 0 atom stereocenters. The molecular weight excluding hydrogens is 322 g/mol. The molecule has 6 nitrogen and oxygen atoms in total. The molecule has 0 aliphatic carbocycles. The number of nitrogens with zero attached hydrogens (tertiary/aromatic N) is 5. The van der Waals surface area contributed by atoms with Crippen LogP contribution in [0.25, 0.3) is 10.8 Å². The van der Waals surface area contributed by atoms with Gasteiger partial charge in [-0.1, -0.05) is 6.07 Å². The summed E-state index contributed by atoms with van der Waals surface area (Å²) in [5.41, 5.74) is 1.01. The first-order valence-electron chi connectivity index (χ1n) is 8.17. The van der Waals surface area contributed by atoms with Crippen LogP contribution in [0.5, 0.6) is 0 Å². The van der Waals surface area contributed by atoms with Crippen molar-refractivity contribution in [2.45, 2.75) is 13.1 Å². The second-order valence-corrected chi connectivity index (χ2v) is 7.08. The number of imidazole rings is 1. The highest BCUT2D eigenvalue weighted by Crippen LogP contribution is 2.24. The first-order valence-corrected chi connectivity index (χ1v) is 9.05. The van der Waals surface area contributed by atoms with E-state index in [0.29, 0.717) is 0 Å². The van der Waals surface area contributed by atoms with Crippen LogP contribution in [0.1, 0.15) is 11.5 Å². The molecule has 24 heavy (non-hydrogen) atoms. The molecular formula is C17H21N5OS. The van der Waals surface area contributed by atoms with Crippen LogP contribution >= 0.6 is 11.3 Å². The Morgan fingerprint density at radius 3 is 2.62 bits per heavy atom. The number of rotatable bonds is 5. The molecule has 0 radical (unpaired) electrons. The molecule has 4 rings (SSSR count). The van der Waals surface area contributed by atoms with E-state index in [1.165, 1.54) is 0 Å². The van der Waals surface area contributed by atoms with Crippen molar-refractivity contribution >= 4 is 11.3 Å². The molecule has 4 heterocycles. The fourth-order valence-corrected chi connectivity index (χ4v) is 3.63. The molecule has 0 amide bonds. The average Bonchev–Trinajstić information content (AvgIpc) is 3.32. The minimum absolute atomic E-state index is 0.730. The molecule has 3 aromatic heterocycles. The summed E-state index contributed by atoms with van der Waals surface area (Å²) in [7, 11) is 2.05. The second-order valence-electron chi connectivity index (χ2n) is 6.13. The molecule has 7 heteroatoms. The lowest BCUT2D eigenvalue weighted by atomic mass is 10.3. The summed E-state index contributed by atoms with van der Waals surface area (Å²) < 4.78 is 7.70. The van der Waals surface area contributed by atoms with E-state index in [-0.39, 0.29) is 0 Å². The van der Waals surface area contributed by atoms with Gasteiger partial charge in [-0.05, 0) is 11.4 Å². The van der Waals surface area contributed by atoms with Crippen molar-refractivity contribution < 1.29 is 4.42 Å². The van der Waals surface area contributed by atoms with Crippen LogP contribution < -0.4 is 0 Å². The van der Waals surface area contributed by atoms with Crippen LogP contribution in [0.2, 0.25) is 0 Å². The van der Waals surface area contributed by atoms with E-state index >= 15 is 0 Å². The van der Waals surface area contributed by atoms with Crippen molar-refractivity contribution in [2.75, 3.05) is 26.2 Å². The second kappa shape index (κ2) is 6.88. The zero-order valence-corrected chi connectivity index (χ0v) is 14.6. The molecule has 0 saturated carbocycles. The van der Waals surface area contributed by atoms with Gasteiger partial charge in [0, 0.05) is 52.2 Å². The Morgan fingerprint density at radius 2 is 1.96 bits per heavy atom. The van der Waals surface area contributed by atoms with Gasteiger partial charge in [0.2, 0.25) is 5.89 Å². The lowest BCUT2D eigenvalue weighted by molar-refractivity contribution is 0.118. The van der Waals surface area contributed by atoms with Gasteiger partial charge in [0.1, 0.15) is 12.1 Å². The third kappa shape index (κ3) is 3.43. The fourth-order valence-electron chi connectivity index (χ4n) is 2.98. The Kier molecular flexibility index (Phi) is 4.46. The largest absolute Gasteiger partial charge is 0.444 e. The zero-order valence-electron chi connectivity index (χ0n) is 13.8. The maximum Gasteiger partial charge on any atom is 0.236 e. The number of hydrogen-bond acceptors (Lipinski definition) is 6. The monoisotopic (exact) mass is 343 g/mol. The quantitative estimate of drug-likeness (QED) is 0.712. The van der Waals surface area contributed by atoms with E-state index in [9.17, 15) is 0 Å². The van der Waals surface area contributed by atoms with Gasteiger partial charge in [-0.15, -0.1) is 11.3 Å². The van der Waals surface area contributed by atoms with Crippen LogP contribution in [0, 0.1) is 0 Å². The minimum Gasteiger partial charge on any atom is -0.444 e. The third-order valence-corrected chi connectivity index (χ3v) is 5.28. The highest BCUT2D eigenvalue weighted by Gasteiger charge is 2.19. The molecule has 0 unspecified atom stereocenters. The van der Waals surface area contributed by atoms with Gasteiger partial charge in [0.15, 0.2) is 0 Å². The molecule has 0 bridgehead atoms. The van der Waals surface area contributed by atoms with E-state index in [1.54, 1.807) is 17.6 Å². The molecule has 0 aromatic carbocycles. The number of aromatic nitrogens is 3. The summed E-state index contributed by atoms with van der Waals surface area (Å²) in [5.74, 6) is 1.86. The summed E-state index contributed by atoms with van der Waals surface area (Å²) in [5, 5.41) is 2.04. The Bertz CT molecular complexity index is 771. The first-order chi connectivity index (χ1) is 11.8. The smallest absolute Gasteiger partial charge is 0.236 e. The van der Waals surface area contributed by atoms with Crippen molar-refractivity contribution in [3.63, 3.8) is 0 Å². The number of hydrogen-bond donors (Lipinski definition) is 0. The maximum absolute atomic E-state index is 5.61. The Morgan fingerprint density at radius 1 is 1.17 bits per heavy atom. The van der Waals surface area contributed by atoms with Crippen LogP contribution in [-0.4, -0.2) is 50.5 Å². The summed E-state index contributed by atoms with van der Waals surface area (Å²) >= 11 is 1.65. The molecule has 0 spiro atoms. The predicted molar refractivity (Wildman–Crippen MR) is 93.6 cm³/mol. The Hall–Kier alpha value is -1.96. The van der Waals surface area contributed by atoms with E-state index in [0.717, 1.165) is 61.6 Å². The molecule has 1 saturated heterocycles. The molecule has 126 valence electrons. The average molecular weight is 343 g/mol. The predicted octanol–water partition coefficient (Wildman–Crippen LogP) is 2.45. The lowest BCUT2D eigenvalue weighted by Gasteiger charge is -2.33. The number of oxazole rings is 1. The standard InChI is InChI=1S/C17H21N5OS/c1-20-5-4-18-16(20)12-22-8-6-21(7-9-22)11-14-13-23-17(19-14)15-3-2-10-24-15/h2-5,10,13H,6-9,11-12H2,1H3. The summed E-state index contributed by atoms with van der Waals surface area (Å²) in [6.45, 7) is 5.98. The van der Waals surface area contributed by atoms with E-state index in [2.05, 4.69) is 24.3 Å². The van der Waals surface area contributed by atoms with Crippen molar-refractivity contribution in [3.8, 4) is 10.8 Å². The SMILES string of the molecule is Cn1ccnc1CN1CCN(Cc2coc(-c3cccs3)n2)CC1. The van der Waals surface area contributed by atoms with Gasteiger partial charge in [0.25, 0.3) is 0 Å². The molecule has 3 aromatic rings. The Balaban J connectivity index is 1.30. The van der Waals surface area contributed by atoms with Crippen LogP contribution in [0.3, 0.4) is 0 Å². The van der Waals surface area contributed by atoms with Gasteiger partial charge in [-0.3, -0.25) is 9.80 Å². The topological polar surface area (TPSA) is 50.3 Å². The first kappa shape index (κ1) is 15.6. The molecule has 0 N–H and O–H groups in total. The fraction of sp³-hybridized carbons (Fsp3) is 0.412. The lowest BCUT2D eigenvalue weighted by Crippen LogP contribution is -2.45. The number of thiophene rings is 1. The highest BCUT2D eigenvalue weighted by molar-refractivity contribution is 7.13. The van der Waals surface area contributed by atoms with E-state index in [1.807, 2.05) is 37.0 Å². The van der Waals surface area contributed by atoms with Crippen molar-refractivity contribution in [3.05, 3.63) is 47.7 Å². The summed E-state index contributed by atoms with van der Waals surface area (Å²) in [6.07, 6.45) is 5.65. The maximum atomic E-state index is 5.61. The van der Waals surface area contributed by atoms with Crippen LogP contribution in [0.4, 0.5) is 0 Å². The van der Waals surface area contributed by atoms with Gasteiger partial charge in [0.05, 0.1) is 17.1 Å². The summed E-state index contributed by atoms with van der Waals surface area (Å²) in [6, 6.07) is 4.06. The van der Waals surface area contributed by atoms with Gasteiger partial charge in [-0.2, -0.15) is 0 Å². The van der Waals surface area contributed by atoms with Crippen LogP contribution in [-0.2, 0) is 20.1 Å². The minimum atomic E-state index is 0.730. The highest BCUT2D eigenvalue weighted by atomic mass is 32.1. The third-order valence-electron chi connectivity index (χ3n) is 4.42. The van der Waals surface area contributed by atoms with Gasteiger partial charge < -0.3 is 8.98 Å². The van der Waals surface area contributed by atoms with Gasteiger partial charge in [-0.25, -0.2) is 9.97 Å². The van der Waals surface area contributed by atoms with Crippen molar-refractivity contribution in [1.29, 1.82) is 0 Å². The number of aryl methyl sites for hydroxylation is 1. The Labute approximate surface area is 145 Å². The van der Waals surface area contributed by atoms with Crippen molar-refractivity contribution in [2.24, 2.45) is 7.05 Å².